The molecule has 0 saturated carbocycles. The normalized spacial score (nSPS) is 15.0. The molecule has 0 amide bonds. The van der Waals surface area contributed by atoms with Gasteiger partial charge >= 0.3 is 0 Å². The summed E-state index contributed by atoms with van der Waals surface area (Å²) >= 11 is 0. The number of benzene rings is 1. The second-order valence-corrected chi connectivity index (χ2v) is 5.12. The molecule has 1 saturated heterocycles. The Labute approximate surface area is 124 Å². The highest BCUT2D eigenvalue weighted by Crippen LogP contribution is 2.19. The predicted octanol–water partition coefficient (Wildman–Crippen LogP) is 1.69. The highest BCUT2D eigenvalue weighted by Gasteiger charge is 2.18. The topological polar surface area (TPSA) is 69.2 Å². The molecule has 0 unspecified atom stereocenters. The molecule has 1 aromatic carbocycles. The molecule has 1 aromatic heterocycles. The Kier molecular flexibility index (Phi) is 3.73. The van der Waals surface area contributed by atoms with Gasteiger partial charge in [0.25, 0.3) is 0 Å². The van der Waals surface area contributed by atoms with Crippen molar-refractivity contribution in [3.05, 3.63) is 54.2 Å². The molecule has 1 fully saturated rings. The van der Waals surface area contributed by atoms with Gasteiger partial charge in [0.15, 0.2) is 0 Å². The summed E-state index contributed by atoms with van der Waals surface area (Å²) in [4.78, 5) is 9.06. The maximum atomic E-state index is 7.42. The molecule has 21 heavy (non-hydrogen) atoms. The van der Waals surface area contributed by atoms with Gasteiger partial charge in [0.05, 0.1) is 0 Å². The number of nitrogens with zero attached hydrogens (tertiary/aromatic N) is 3. The van der Waals surface area contributed by atoms with Crippen LogP contribution in [-0.2, 0) is 0 Å². The molecule has 0 atom stereocenters. The zero-order valence-corrected chi connectivity index (χ0v) is 11.9. The van der Waals surface area contributed by atoms with Crippen LogP contribution < -0.4 is 15.5 Å². The van der Waals surface area contributed by atoms with Gasteiger partial charge in [0, 0.05) is 43.6 Å². The number of pyridine rings is 1. The molecule has 1 aliphatic heterocycles. The average molecular weight is 281 g/mol. The number of piperazine rings is 1. The van der Waals surface area contributed by atoms with Crippen molar-refractivity contribution in [1.82, 2.24) is 4.98 Å². The van der Waals surface area contributed by atoms with Crippen LogP contribution in [0.2, 0.25) is 0 Å². The van der Waals surface area contributed by atoms with Crippen molar-refractivity contribution in [2.75, 3.05) is 36.0 Å². The number of hydrogen-bond donors (Lipinski definition) is 2. The number of aromatic nitrogens is 1. The van der Waals surface area contributed by atoms with E-state index in [0.717, 1.165) is 37.6 Å². The Hall–Kier alpha value is -2.56. The summed E-state index contributed by atoms with van der Waals surface area (Å²) in [5.74, 6) is 1.16. The van der Waals surface area contributed by atoms with Crippen LogP contribution in [-0.4, -0.2) is 37.0 Å². The van der Waals surface area contributed by atoms with E-state index in [1.54, 1.807) is 0 Å². The second-order valence-electron chi connectivity index (χ2n) is 5.12. The Balaban J connectivity index is 1.64. The quantitative estimate of drug-likeness (QED) is 0.663. The summed E-state index contributed by atoms with van der Waals surface area (Å²) in [7, 11) is 0. The number of anilines is 2. The standard InChI is InChI=1S/C16H19N5/c17-16(18)13-4-6-14(7-5-13)20-9-11-21(12-10-20)15-3-1-2-8-19-15/h1-8H,9-12H2,(H3,17,18). The minimum absolute atomic E-state index is 0.113. The van der Waals surface area contributed by atoms with Crippen LogP contribution in [0.15, 0.2) is 48.7 Å². The lowest BCUT2D eigenvalue weighted by molar-refractivity contribution is 0.647. The van der Waals surface area contributed by atoms with E-state index in [-0.39, 0.29) is 5.84 Å². The lowest BCUT2D eigenvalue weighted by Gasteiger charge is -2.36. The van der Waals surface area contributed by atoms with Gasteiger partial charge in [-0.2, -0.15) is 0 Å². The number of nitrogen functional groups attached to an aromatic ring is 1. The molecule has 5 heteroatoms. The summed E-state index contributed by atoms with van der Waals surface area (Å²) in [5, 5.41) is 7.42. The fourth-order valence-corrected chi connectivity index (χ4v) is 2.59. The maximum Gasteiger partial charge on any atom is 0.128 e. The maximum absolute atomic E-state index is 7.42. The number of amidine groups is 1. The molecule has 1 aliphatic rings. The minimum atomic E-state index is 0.113. The van der Waals surface area contributed by atoms with Crippen LogP contribution in [0.4, 0.5) is 11.5 Å². The van der Waals surface area contributed by atoms with Crippen molar-refractivity contribution in [2.24, 2.45) is 5.73 Å². The van der Waals surface area contributed by atoms with Gasteiger partial charge in [0.2, 0.25) is 0 Å². The fourth-order valence-electron chi connectivity index (χ4n) is 2.59. The summed E-state index contributed by atoms with van der Waals surface area (Å²) in [6.07, 6.45) is 1.84. The summed E-state index contributed by atoms with van der Waals surface area (Å²) in [5.41, 5.74) is 7.43. The van der Waals surface area contributed by atoms with E-state index in [1.165, 1.54) is 5.69 Å². The van der Waals surface area contributed by atoms with Crippen LogP contribution >= 0.6 is 0 Å². The summed E-state index contributed by atoms with van der Waals surface area (Å²) in [6.45, 7) is 3.86. The van der Waals surface area contributed by atoms with Crippen LogP contribution in [0.5, 0.6) is 0 Å². The Morgan fingerprint density at radius 3 is 2.19 bits per heavy atom. The highest BCUT2D eigenvalue weighted by molar-refractivity contribution is 5.95. The van der Waals surface area contributed by atoms with E-state index in [4.69, 9.17) is 11.1 Å². The third kappa shape index (κ3) is 2.97. The van der Waals surface area contributed by atoms with Gasteiger partial charge in [-0.1, -0.05) is 6.07 Å². The SMILES string of the molecule is N=C(N)c1ccc(N2CCN(c3ccccn3)CC2)cc1. The minimum Gasteiger partial charge on any atom is -0.384 e. The molecule has 2 aromatic rings. The number of nitrogens with two attached hydrogens (primary N) is 1. The van der Waals surface area contributed by atoms with E-state index < -0.39 is 0 Å². The van der Waals surface area contributed by atoms with Crippen LogP contribution in [0.25, 0.3) is 0 Å². The summed E-state index contributed by atoms with van der Waals surface area (Å²) < 4.78 is 0. The third-order valence-corrected chi connectivity index (χ3v) is 3.80. The Morgan fingerprint density at radius 2 is 1.62 bits per heavy atom. The first kappa shape index (κ1) is 13.4. The molecule has 2 heterocycles. The molecule has 3 rings (SSSR count). The molecule has 0 bridgehead atoms. The molecule has 0 spiro atoms. The second kappa shape index (κ2) is 5.83. The lowest BCUT2D eigenvalue weighted by atomic mass is 10.1. The fraction of sp³-hybridized carbons (Fsp3) is 0.250. The van der Waals surface area contributed by atoms with Crippen molar-refractivity contribution >= 4 is 17.3 Å². The van der Waals surface area contributed by atoms with Crippen molar-refractivity contribution in [3.8, 4) is 0 Å². The monoisotopic (exact) mass is 281 g/mol. The van der Waals surface area contributed by atoms with Crippen LogP contribution in [0.1, 0.15) is 5.56 Å². The molecular formula is C16H19N5. The Bertz CT molecular complexity index is 600. The van der Waals surface area contributed by atoms with Gasteiger partial charge in [-0.25, -0.2) is 4.98 Å². The predicted molar refractivity (Wildman–Crippen MR) is 86.1 cm³/mol. The largest absolute Gasteiger partial charge is 0.384 e. The number of nitrogens with one attached hydrogen (secondary N) is 1. The molecule has 108 valence electrons. The van der Waals surface area contributed by atoms with Gasteiger partial charge in [-0.3, -0.25) is 5.41 Å². The first-order valence-electron chi connectivity index (χ1n) is 7.09. The molecule has 5 nitrogen and oxygen atoms in total. The Morgan fingerprint density at radius 1 is 0.952 bits per heavy atom. The van der Waals surface area contributed by atoms with E-state index in [2.05, 4.69) is 20.9 Å². The average Bonchev–Trinajstić information content (AvgIpc) is 2.56. The van der Waals surface area contributed by atoms with E-state index in [1.807, 2.05) is 42.6 Å². The zero-order chi connectivity index (χ0) is 14.7. The highest BCUT2D eigenvalue weighted by atomic mass is 15.3. The molecule has 0 radical (unpaired) electrons. The van der Waals surface area contributed by atoms with Gasteiger partial charge in [-0.15, -0.1) is 0 Å². The van der Waals surface area contributed by atoms with Crippen molar-refractivity contribution < 1.29 is 0 Å². The van der Waals surface area contributed by atoms with Gasteiger partial charge in [0.1, 0.15) is 11.7 Å². The van der Waals surface area contributed by atoms with Crippen LogP contribution in [0, 0.1) is 5.41 Å². The van der Waals surface area contributed by atoms with Gasteiger partial charge < -0.3 is 15.5 Å². The molecule has 0 aliphatic carbocycles. The van der Waals surface area contributed by atoms with E-state index in [9.17, 15) is 0 Å². The summed E-state index contributed by atoms with van der Waals surface area (Å²) in [6, 6.07) is 13.9. The van der Waals surface area contributed by atoms with Crippen molar-refractivity contribution in [1.29, 1.82) is 5.41 Å². The van der Waals surface area contributed by atoms with E-state index in [0.29, 0.717) is 0 Å². The third-order valence-electron chi connectivity index (χ3n) is 3.80. The van der Waals surface area contributed by atoms with Gasteiger partial charge in [-0.05, 0) is 36.4 Å². The molecule has 3 N–H and O–H groups in total. The lowest BCUT2D eigenvalue weighted by Crippen LogP contribution is -2.46. The van der Waals surface area contributed by atoms with Crippen LogP contribution in [0.3, 0.4) is 0 Å². The number of rotatable bonds is 3. The van der Waals surface area contributed by atoms with E-state index >= 15 is 0 Å². The smallest absolute Gasteiger partial charge is 0.128 e. The van der Waals surface area contributed by atoms with Crippen molar-refractivity contribution in [3.63, 3.8) is 0 Å². The van der Waals surface area contributed by atoms with Crippen molar-refractivity contribution in [2.45, 2.75) is 0 Å². The first-order valence-corrected chi connectivity index (χ1v) is 7.09. The first-order chi connectivity index (χ1) is 10.2. The zero-order valence-electron chi connectivity index (χ0n) is 11.9. The molecular weight excluding hydrogens is 262 g/mol. The number of hydrogen-bond acceptors (Lipinski definition) is 4.